The number of amides is 1. The molecule has 0 aromatic heterocycles. The van der Waals surface area contributed by atoms with Gasteiger partial charge in [-0.15, -0.1) is 0 Å². The SMILES string of the molecule is CCC[CH2][Sn]([CH2]CCC)([CH2]CCC)[CH2]C1(C(=O)OCC)C(CC(=O)OCC)CCN1C(C)=O. The number of rotatable bonds is 16. The molecule has 2 atom stereocenters. The van der Waals surface area contributed by atoms with E-state index in [1.54, 1.807) is 18.7 Å². The third-order valence-electron chi connectivity index (χ3n) is 7.41. The van der Waals surface area contributed by atoms with Gasteiger partial charge in [-0.1, -0.05) is 0 Å². The van der Waals surface area contributed by atoms with Gasteiger partial charge in [0.05, 0.1) is 0 Å². The molecule has 7 heteroatoms. The van der Waals surface area contributed by atoms with E-state index in [2.05, 4.69) is 20.8 Å². The van der Waals surface area contributed by atoms with Gasteiger partial charge in [0.2, 0.25) is 0 Å². The van der Waals surface area contributed by atoms with Gasteiger partial charge in [-0.3, -0.25) is 0 Å². The molecule has 6 nitrogen and oxygen atoms in total. The minimum absolute atomic E-state index is 0.0870. The van der Waals surface area contributed by atoms with Crippen molar-refractivity contribution in [1.29, 1.82) is 0 Å². The van der Waals surface area contributed by atoms with Crippen LogP contribution < -0.4 is 0 Å². The first-order valence-electron chi connectivity index (χ1n) is 13.4. The van der Waals surface area contributed by atoms with Gasteiger partial charge in [0.15, 0.2) is 0 Å². The normalized spacial score (nSPS) is 20.7. The second-order valence-electron chi connectivity index (χ2n) is 9.80. The van der Waals surface area contributed by atoms with Crippen LogP contribution in [0.1, 0.15) is 92.9 Å². The van der Waals surface area contributed by atoms with Crippen molar-refractivity contribution in [3.63, 3.8) is 0 Å². The molecule has 0 saturated carbocycles. The molecule has 0 aliphatic carbocycles. The van der Waals surface area contributed by atoms with Crippen LogP contribution in [-0.2, 0) is 23.9 Å². The summed E-state index contributed by atoms with van der Waals surface area (Å²) in [4.78, 5) is 41.0. The van der Waals surface area contributed by atoms with E-state index >= 15 is 0 Å². The molecule has 0 bridgehead atoms. The first kappa shape index (κ1) is 30.2. The van der Waals surface area contributed by atoms with E-state index in [4.69, 9.17) is 9.47 Å². The van der Waals surface area contributed by atoms with Crippen molar-refractivity contribution in [3.05, 3.63) is 0 Å². The Bertz CT molecular complexity index is 604. The predicted octanol–water partition coefficient (Wildman–Crippen LogP) is 5.96. The monoisotopic (exact) mass is 575 g/mol. The Kier molecular flexibility index (Phi) is 14.0. The summed E-state index contributed by atoms with van der Waals surface area (Å²) in [6.07, 6.45) is 7.81. The van der Waals surface area contributed by atoms with Crippen LogP contribution in [0.5, 0.6) is 0 Å². The maximum absolute atomic E-state index is 13.8. The Balaban J connectivity index is 3.59. The van der Waals surface area contributed by atoms with Crippen LogP contribution >= 0.6 is 0 Å². The molecule has 1 saturated heterocycles. The summed E-state index contributed by atoms with van der Waals surface area (Å²) in [5.74, 6) is -0.896. The van der Waals surface area contributed by atoms with Gasteiger partial charge in [-0.25, -0.2) is 0 Å². The Labute approximate surface area is 206 Å². The fourth-order valence-electron chi connectivity index (χ4n) is 5.79. The van der Waals surface area contributed by atoms with E-state index in [9.17, 15) is 14.4 Å². The van der Waals surface area contributed by atoms with Crippen molar-refractivity contribution < 1.29 is 23.9 Å². The maximum atomic E-state index is 13.8. The number of hydrogen-bond donors (Lipinski definition) is 0. The number of esters is 2. The van der Waals surface area contributed by atoms with E-state index in [1.807, 2.05) is 6.92 Å². The number of carbonyl (C=O) groups is 3. The van der Waals surface area contributed by atoms with Crippen molar-refractivity contribution in [2.24, 2.45) is 5.92 Å². The Morgan fingerprint density at radius 2 is 1.39 bits per heavy atom. The first-order valence-corrected chi connectivity index (χ1v) is 21.4. The molecule has 33 heavy (non-hydrogen) atoms. The molecule has 1 aliphatic heterocycles. The Morgan fingerprint density at radius 1 is 0.879 bits per heavy atom. The molecule has 0 spiro atoms. The zero-order chi connectivity index (χ0) is 24.9. The Hall–Kier alpha value is -0.791. The molecule has 1 amide bonds. The molecule has 1 fully saturated rings. The number of carbonyl (C=O) groups excluding carboxylic acids is 3. The van der Waals surface area contributed by atoms with Gasteiger partial charge in [0.1, 0.15) is 0 Å². The van der Waals surface area contributed by atoms with Crippen LogP contribution in [0.15, 0.2) is 0 Å². The summed E-state index contributed by atoms with van der Waals surface area (Å²) in [6, 6.07) is 0. The van der Waals surface area contributed by atoms with Gasteiger partial charge in [-0.05, 0) is 0 Å². The quantitative estimate of drug-likeness (QED) is 0.168. The van der Waals surface area contributed by atoms with Gasteiger partial charge < -0.3 is 0 Å². The summed E-state index contributed by atoms with van der Waals surface area (Å²) < 4.78 is 15.5. The molecule has 0 aromatic rings. The second-order valence-corrected chi connectivity index (χ2v) is 23.7. The molecule has 1 rings (SSSR count). The standard InChI is InChI=1S/C14H22NO5.3C4H9.Sn/c1-5-19-12(17)9-11-7-8-15(10(3)16)14(11,4)13(18)20-6-2;3*1-3-4-2;/h11H,4-9H2,1-3H3;3*1,3-4H2,2H3;. The van der Waals surface area contributed by atoms with Crippen LogP contribution in [0.25, 0.3) is 0 Å². The molecule has 0 N–H and O–H groups in total. The van der Waals surface area contributed by atoms with Crippen LogP contribution in [-0.4, -0.2) is 66.4 Å². The van der Waals surface area contributed by atoms with Gasteiger partial charge in [0.25, 0.3) is 0 Å². The van der Waals surface area contributed by atoms with Gasteiger partial charge in [0, 0.05) is 0 Å². The molecule has 1 heterocycles. The number of ether oxygens (including phenoxy) is 2. The van der Waals surface area contributed by atoms with E-state index in [0.29, 0.717) is 19.6 Å². The van der Waals surface area contributed by atoms with Crippen molar-refractivity contribution >= 4 is 36.2 Å². The molecular weight excluding hydrogens is 525 g/mol. The first-order chi connectivity index (χ1) is 15.8. The third-order valence-corrected chi connectivity index (χ3v) is 23.2. The number of likely N-dealkylation sites (tertiary alicyclic amines) is 1. The number of nitrogens with zero attached hydrogens (tertiary/aromatic N) is 1. The summed E-state index contributed by atoms with van der Waals surface area (Å²) in [6.45, 7) is 13.0. The van der Waals surface area contributed by atoms with Crippen LogP contribution in [0, 0.1) is 5.92 Å². The van der Waals surface area contributed by atoms with Crippen molar-refractivity contribution in [1.82, 2.24) is 4.90 Å². The van der Waals surface area contributed by atoms with Crippen LogP contribution in [0.2, 0.25) is 17.7 Å². The molecule has 192 valence electrons. The van der Waals surface area contributed by atoms with E-state index in [1.165, 1.54) is 32.6 Å². The van der Waals surface area contributed by atoms with Gasteiger partial charge >= 0.3 is 207 Å². The average Bonchev–Trinajstić information content (AvgIpc) is 3.13. The summed E-state index contributed by atoms with van der Waals surface area (Å²) in [5.41, 5.74) is -1.01. The van der Waals surface area contributed by atoms with E-state index < -0.39 is 23.9 Å². The fraction of sp³-hybridized carbons (Fsp3) is 0.885. The fourth-order valence-corrected chi connectivity index (χ4v) is 23.9. The minimum atomic E-state index is -2.89. The molecule has 1 aliphatic rings. The zero-order valence-corrected chi connectivity index (χ0v) is 25.0. The van der Waals surface area contributed by atoms with Crippen molar-refractivity contribution in [2.45, 2.75) is 116 Å². The summed E-state index contributed by atoms with van der Waals surface area (Å²) in [5, 5.41) is 0. The van der Waals surface area contributed by atoms with E-state index in [-0.39, 0.29) is 36.8 Å². The summed E-state index contributed by atoms with van der Waals surface area (Å²) in [7, 11) is 0. The zero-order valence-electron chi connectivity index (χ0n) is 22.2. The van der Waals surface area contributed by atoms with Crippen molar-refractivity contribution in [3.8, 4) is 0 Å². The average molecular weight is 574 g/mol. The van der Waals surface area contributed by atoms with Crippen LogP contribution in [0.3, 0.4) is 0 Å². The van der Waals surface area contributed by atoms with Gasteiger partial charge in [-0.2, -0.15) is 0 Å². The molecule has 0 radical (unpaired) electrons. The molecule has 2 unspecified atom stereocenters. The molecule has 0 aromatic carbocycles. The summed E-state index contributed by atoms with van der Waals surface area (Å²) >= 11 is -2.89. The van der Waals surface area contributed by atoms with E-state index in [0.717, 1.165) is 23.7 Å². The van der Waals surface area contributed by atoms with Crippen molar-refractivity contribution in [2.75, 3.05) is 19.8 Å². The second kappa shape index (κ2) is 15.3. The predicted molar refractivity (Wildman–Crippen MR) is 136 cm³/mol. The number of hydrogen-bond acceptors (Lipinski definition) is 5. The number of unbranched alkanes of at least 4 members (excludes halogenated alkanes) is 3. The van der Waals surface area contributed by atoms with Crippen LogP contribution in [0.4, 0.5) is 0 Å². The third kappa shape index (κ3) is 8.14. The Morgan fingerprint density at radius 3 is 1.82 bits per heavy atom. The molecular formula is C26H49NO5Sn. The topological polar surface area (TPSA) is 72.9 Å².